The van der Waals surface area contributed by atoms with Gasteiger partial charge in [0, 0.05) is 56.7 Å². The third-order valence-corrected chi connectivity index (χ3v) is 6.60. The molecule has 2 saturated heterocycles. The number of likely N-dealkylation sites (tertiary alicyclic amines) is 1. The zero-order chi connectivity index (χ0) is 20.6. The molecule has 0 atom stereocenters. The van der Waals surface area contributed by atoms with E-state index >= 15 is 0 Å². The van der Waals surface area contributed by atoms with Gasteiger partial charge in [-0.05, 0) is 25.0 Å². The molecule has 30 heavy (non-hydrogen) atoms. The molecule has 2 aliphatic heterocycles. The third-order valence-electron chi connectivity index (χ3n) is 6.60. The van der Waals surface area contributed by atoms with Crippen molar-refractivity contribution in [2.24, 2.45) is 7.05 Å². The summed E-state index contributed by atoms with van der Waals surface area (Å²) in [7, 11) is 2.05. The molecule has 3 heterocycles. The van der Waals surface area contributed by atoms with Gasteiger partial charge in [0.15, 0.2) is 0 Å². The highest BCUT2D eigenvalue weighted by atomic mass is 16.6. The molecule has 0 N–H and O–H groups in total. The van der Waals surface area contributed by atoms with Crippen LogP contribution in [0, 0.1) is 0 Å². The Hall–Kier alpha value is -2.54. The van der Waals surface area contributed by atoms with Crippen molar-refractivity contribution in [3.63, 3.8) is 0 Å². The van der Waals surface area contributed by atoms with Gasteiger partial charge in [0.25, 0.3) is 0 Å². The minimum atomic E-state index is -0.339. The first-order valence-electron chi connectivity index (χ1n) is 11.0. The number of carbonyl (C=O) groups excluding carboxylic acids is 1. The van der Waals surface area contributed by atoms with Gasteiger partial charge in [0.05, 0.1) is 19.3 Å². The Morgan fingerprint density at radius 3 is 2.70 bits per heavy atom. The van der Waals surface area contributed by atoms with Crippen LogP contribution in [0.15, 0.2) is 36.5 Å². The van der Waals surface area contributed by atoms with E-state index in [2.05, 4.69) is 17.0 Å². The second-order valence-corrected chi connectivity index (χ2v) is 8.86. The standard InChI is InChI=1S/C23H30N4O3/c1-25-21(18-7-8-18)19(15-24-25)16-26-11-9-23(10-12-26)17-27(22(28)30-23)13-14-29-20-5-3-2-4-6-20/h2-6,15,18H,7-14,16-17H2,1H3. The molecule has 0 bridgehead atoms. The van der Waals surface area contributed by atoms with Gasteiger partial charge in [-0.3, -0.25) is 9.58 Å². The topological polar surface area (TPSA) is 59.8 Å². The lowest BCUT2D eigenvalue weighted by atomic mass is 9.91. The molecule has 1 spiro atoms. The van der Waals surface area contributed by atoms with Crippen LogP contribution in [0.5, 0.6) is 5.75 Å². The molecule has 1 amide bonds. The van der Waals surface area contributed by atoms with Gasteiger partial charge in [0.2, 0.25) is 0 Å². The number of hydrogen-bond acceptors (Lipinski definition) is 5. The van der Waals surface area contributed by atoms with Crippen molar-refractivity contribution in [1.82, 2.24) is 19.6 Å². The van der Waals surface area contributed by atoms with E-state index in [0.717, 1.165) is 38.2 Å². The fourth-order valence-electron chi connectivity index (χ4n) is 4.77. The molecular weight excluding hydrogens is 380 g/mol. The molecule has 7 nitrogen and oxygen atoms in total. The van der Waals surface area contributed by atoms with E-state index in [-0.39, 0.29) is 11.7 Å². The molecule has 1 aromatic heterocycles. The summed E-state index contributed by atoms with van der Waals surface area (Å²) in [6, 6.07) is 9.71. The molecule has 3 aliphatic rings. The lowest BCUT2D eigenvalue weighted by Crippen LogP contribution is -2.46. The number of hydrogen-bond donors (Lipinski definition) is 0. The maximum atomic E-state index is 12.4. The van der Waals surface area contributed by atoms with E-state index in [1.54, 1.807) is 4.90 Å². The van der Waals surface area contributed by atoms with Crippen molar-refractivity contribution >= 4 is 6.09 Å². The average Bonchev–Trinajstić information content (AvgIpc) is 3.45. The number of nitrogens with zero attached hydrogens (tertiary/aromatic N) is 4. The quantitative estimate of drug-likeness (QED) is 0.702. The van der Waals surface area contributed by atoms with E-state index in [1.807, 2.05) is 41.2 Å². The molecule has 0 radical (unpaired) electrons. The minimum absolute atomic E-state index is 0.205. The van der Waals surface area contributed by atoms with Crippen LogP contribution in [-0.4, -0.2) is 64.1 Å². The molecular formula is C23H30N4O3. The number of ether oxygens (including phenoxy) is 2. The Balaban J connectivity index is 1.12. The highest BCUT2D eigenvalue weighted by Crippen LogP contribution is 2.42. The molecule has 1 saturated carbocycles. The first-order valence-corrected chi connectivity index (χ1v) is 11.0. The smallest absolute Gasteiger partial charge is 0.410 e. The van der Waals surface area contributed by atoms with Gasteiger partial charge < -0.3 is 14.4 Å². The van der Waals surface area contributed by atoms with Crippen molar-refractivity contribution < 1.29 is 14.3 Å². The summed E-state index contributed by atoms with van der Waals surface area (Å²) in [5, 5.41) is 4.49. The molecule has 1 aliphatic carbocycles. The molecule has 0 unspecified atom stereocenters. The SMILES string of the molecule is Cn1ncc(CN2CCC3(CC2)CN(CCOc2ccccc2)C(=O)O3)c1C1CC1. The van der Waals surface area contributed by atoms with E-state index < -0.39 is 0 Å². The van der Waals surface area contributed by atoms with Crippen LogP contribution in [0.3, 0.4) is 0 Å². The van der Waals surface area contributed by atoms with E-state index in [4.69, 9.17) is 9.47 Å². The van der Waals surface area contributed by atoms with Crippen molar-refractivity contribution in [3.05, 3.63) is 47.8 Å². The highest BCUT2D eigenvalue weighted by Gasteiger charge is 2.46. The van der Waals surface area contributed by atoms with Crippen LogP contribution in [0.25, 0.3) is 0 Å². The van der Waals surface area contributed by atoms with Crippen LogP contribution in [-0.2, 0) is 18.3 Å². The van der Waals surface area contributed by atoms with E-state index in [1.165, 1.54) is 24.1 Å². The number of amides is 1. The van der Waals surface area contributed by atoms with Crippen molar-refractivity contribution in [3.8, 4) is 5.75 Å². The van der Waals surface area contributed by atoms with Crippen molar-refractivity contribution in [2.75, 3.05) is 32.8 Å². The van der Waals surface area contributed by atoms with Crippen LogP contribution >= 0.6 is 0 Å². The normalized spacial score (nSPS) is 21.2. The molecule has 160 valence electrons. The Morgan fingerprint density at radius 2 is 1.97 bits per heavy atom. The van der Waals surface area contributed by atoms with Gasteiger partial charge in [-0.15, -0.1) is 0 Å². The summed E-state index contributed by atoms with van der Waals surface area (Å²) < 4.78 is 13.7. The van der Waals surface area contributed by atoms with E-state index in [9.17, 15) is 4.79 Å². The van der Waals surface area contributed by atoms with Crippen LogP contribution in [0.2, 0.25) is 0 Å². The lowest BCUT2D eigenvalue weighted by Gasteiger charge is -2.37. The summed E-state index contributed by atoms with van der Waals surface area (Å²) in [4.78, 5) is 16.7. The number of aryl methyl sites for hydroxylation is 1. The number of benzene rings is 1. The van der Waals surface area contributed by atoms with Crippen molar-refractivity contribution in [2.45, 2.75) is 43.7 Å². The minimum Gasteiger partial charge on any atom is -0.492 e. The maximum absolute atomic E-state index is 12.4. The Kier molecular flexibility index (Phi) is 5.15. The largest absolute Gasteiger partial charge is 0.492 e. The van der Waals surface area contributed by atoms with Crippen LogP contribution in [0.4, 0.5) is 4.79 Å². The number of para-hydroxylation sites is 1. The Labute approximate surface area is 177 Å². The summed E-state index contributed by atoms with van der Waals surface area (Å²) in [6.45, 7) is 4.53. The van der Waals surface area contributed by atoms with E-state index in [0.29, 0.717) is 25.6 Å². The third kappa shape index (κ3) is 4.03. The van der Waals surface area contributed by atoms with Gasteiger partial charge >= 0.3 is 6.09 Å². The maximum Gasteiger partial charge on any atom is 0.410 e. The van der Waals surface area contributed by atoms with Gasteiger partial charge in [0.1, 0.15) is 18.0 Å². The first kappa shape index (κ1) is 19.4. The average molecular weight is 411 g/mol. The number of aromatic nitrogens is 2. The first-order chi connectivity index (χ1) is 14.6. The fraction of sp³-hybridized carbons (Fsp3) is 0.565. The summed E-state index contributed by atoms with van der Waals surface area (Å²) in [5.74, 6) is 1.53. The zero-order valence-corrected chi connectivity index (χ0v) is 17.6. The number of carbonyl (C=O) groups is 1. The second kappa shape index (κ2) is 7.95. The zero-order valence-electron chi connectivity index (χ0n) is 17.6. The van der Waals surface area contributed by atoms with Gasteiger partial charge in [-0.2, -0.15) is 5.10 Å². The monoisotopic (exact) mass is 410 g/mol. The van der Waals surface area contributed by atoms with Crippen molar-refractivity contribution in [1.29, 1.82) is 0 Å². The Bertz CT molecular complexity index is 885. The van der Waals surface area contributed by atoms with Gasteiger partial charge in [-0.1, -0.05) is 18.2 Å². The highest BCUT2D eigenvalue weighted by molar-refractivity contribution is 5.70. The molecule has 1 aromatic carbocycles. The molecule has 5 rings (SSSR count). The molecule has 3 fully saturated rings. The van der Waals surface area contributed by atoms with Crippen LogP contribution in [0.1, 0.15) is 42.9 Å². The number of rotatable bonds is 7. The number of piperidine rings is 1. The molecule has 2 aromatic rings. The second-order valence-electron chi connectivity index (χ2n) is 8.86. The predicted molar refractivity (Wildman–Crippen MR) is 112 cm³/mol. The fourth-order valence-corrected chi connectivity index (χ4v) is 4.77. The van der Waals surface area contributed by atoms with Gasteiger partial charge in [-0.25, -0.2) is 4.79 Å². The summed E-state index contributed by atoms with van der Waals surface area (Å²) >= 11 is 0. The van der Waals surface area contributed by atoms with Crippen LogP contribution < -0.4 is 4.74 Å². The lowest BCUT2D eigenvalue weighted by molar-refractivity contribution is -0.00130. The summed E-state index contributed by atoms with van der Waals surface area (Å²) in [5.41, 5.74) is 2.43. The summed E-state index contributed by atoms with van der Waals surface area (Å²) in [6.07, 6.45) is 6.16. The predicted octanol–water partition coefficient (Wildman–Crippen LogP) is 3.16. The Morgan fingerprint density at radius 1 is 1.20 bits per heavy atom. The molecule has 7 heteroatoms.